The van der Waals surface area contributed by atoms with Crippen molar-refractivity contribution >= 4 is 0 Å². The van der Waals surface area contributed by atoms with Gasteiger partial charge in [-0.1, -0.05) is 36.4 Å². The third-order valence-electron chi connectivity index (χ3n) is 5.93. The molecule has 0 atom stereocenters. The molecule has 0 bridgehead atoms. The number of piperidine rings is 1. The molecule has 1 N–H and O–H groups in total. The molecule has 4 rings (SSSR count). The van der Waals surface area contributed by atoms with E-state index in [4.69, 9.17) is 14.2 Å². The molecule has 0 amide bonds. The maximum atomic E-state index is 5.65. The molecule has 3 aromatic rings. The van der Waals surface area contributed by atoms with Gasteiger partial charge in [-0.2, -0.15) is 5.10 Å². The van der Waals surface area contributed by atoms with Gasteiger partial charge in [0.05, 0.1) is 27.5 Å². The van der Waals surface area contributed by atoms with E-state index in [1.165, 1.54) is 16.8 Å². The van der Waals surface area contributed by atoms with Crippen molar-refractivity contribution in [2.75, 3.05) is 34.4 Å². The second-order valence-electron chi connectivity index (χ2n) is 7.61. The molecule has 1 aromatic heterocycles. The normalized spacial score (nSPS) is 15.2. The zero-order valence-electron chi connectivity index (χ0n) is 17.9. The predicted octanol–water partition coefficient (Wildman–Crippen LogP) is 4.48. The number of ether oxygens (including phenoxy) is 3. The Morgan fingerprint density at radius 2 is 1.67 bits per heavy atom. The fourth-order valence-corrected chi connectivity index (χ4v) is 4.36. The molecule has 6 nitrogen and oxygen atoms in total. The summed E-state index contributed by atoms with van der Waals surface area (Å²) in [5, 5.41) is 7.60. The van der Waals surface area contributed by atoms with Gasteiger partial charge in [-0.05, 0) is 37.6 Å². The first-order valence-electron chi connectivity index (χ1n) is 10.3. The first-order valence-corrected chi connectivity index (χ1v) is 10.3. The van der Waals surface area contributed by atoms with Gasteiger partial charge < -0.3 is 14.2 Å². The molecule has 1 aliphatic rings. The summed E-state index contributed by atoms with van der Waals surface area (Å²) < 4.78 is 16.6. The van der Waals surface area contributed by atoms with E-state index in [0.717, 1.165) is 43.8 Å². The monoisotopic (exact) mass is 407 g/mol. The van der Waals surface area contributed by atoms with E-state index in [0.29, 0.717) is 17.4 Å². The summed E-state index contributed by atoms with van der Waals surface area (Å²) in [6, 6.07) is 14.5. The first-order chi connectivity index (χ1) is 14.7. The summed E-state index contributed by atoms with van der Waals surface area (Å²) >= 11 is 0. The summed E-state index contributed by atoms with van der Waals surface area (Å²) in [7, 11) is 4.96. The van der Waals surface area contributed by atoms with Crippen LogP contribution in [0.2, 0.25) is 0 Å². The highest BCUT2D eigenvalue weighted by molar-refractivity contribution is 5.65. The van der Waals surface area contributed by atoms with Crippen molar-refractivity contribution in [3.05, 3.63) is 59.9 Å². The number of nitrogens with zero attached hydrogens (tertiary/aromatic N) is 2. The molecule has 158 valence electrons. The molecule has 1 fully saturated rings. The Kier molecular flexibility index (Phi) is 6.23. The zero-order valence-corrected chi connectivity index (χ0v) is 17.9. The fraction of sp³-hybridized carbons (Fsp3) is 0.375. The predicted molar refractivity (Wildman–Crippen MR) is 117 cm³/mol. The summed E-state index contributed by atoms with van der Waals surface area (Å²) in [4.78, 5) is 2.47. The van der Waals surface area contributed by atoms with E-state index in [-0.39, 0.29) is 0 Å². The van der Waals surface area contributed by atoms with Gasteiger partial charge in [-0.3, -0.25) is 10.00 Å². The van der Waals surface area contributed by atoms with Crippen LogP contribution < -0.4 is 14.2 Å². The lowest BCUT2D eigenvalue weighted by atomic mass is 9.89. The average Bonchev–Trinajstić information content (AvgIpc) is 3.29. The van der Waals surface area contributed by atoms with Crippen molar-refractivity contribution in [2.45, 2.75) is 25.3 Å². The molecule has 0 unspecified atom stereocenters. The minimum Gasteiger partial charge on any atom is -0.493 e. The van der Waals surface area contributed by atoms with E-state index >= 15 is 0 Å². The Morgan fingerprint density at radius 3 is 2.33 bits per heavy atom. The van der Waals surface area contributed by atoms with Crippen LogP contribution in [0.4, 0.5) is 0 Å². The number of likely N-dealkylation sites (tertiary alicyclic amines) is 1. The molecule has 30 heavy (non-hydrogen) atoms. The van der Waals surface area contributed by atoms with Crippen LogP contribution >= 0.6 is 0 Å². The van der Waals surface area contributed by atoms with Crippen molar-refractivity contribution in [3.63, 3.8) is 0 Å². The lowest BCUT2D eigenvalue weighted by Gasteiger charge is -2.32. The summed E-state index contributed by atoms with van der Waals surface area (Å²) in [5.74, 6) is 2.58. The minimum atomic E-state index is 0.492. The topological polar surface area (TPSA) is 59.6 Å². The number of rotatable bonds is 7. The highest BCUT2D eigenvalue weighted by atomic mass is 16.5. The number of benzene rings is 2. The number of methoxy groups -OCH3 is 3. The number of H-pyrrole nitrogens is 1. The molecule has 0 radical (unpaired) electrons. The third-order valence-corrected chi connectivity index (χ3v) is 5.93. The van der Waals surface area contributed by atoms with Crippen molar-refractivity contribution in [1.29, 1.82) is 0 Å². The molecule has 6 heteroatoms. The van der Waals surface area contributed by atoms with Gasteiger partial charge in [0.1, 0.15) is 0 Å². The Hall–Kier alpha value is -2.99. The van der Waals surface area contributed by atoms with Crippen LogP contribution in [0.5, 0.6) is 17.2 Å². The second kappa shape index (κ2) is 9.22. The van der Waals surface area contributed by atoms with Gasteiger partial charge in [0, 0.05) is 29.3 Å². The molecule has 0 spiro atoms. The molecular formula is C24H29N3O3. The van der Waals surface area contributed by atoms with Crippen LogP contribution in [-0.2, 0) is 6.54 Å². The first kappa shape index (κ1) is 20.3. The SMILES string of the molecule is COc1ccc(CN2CCC(c3[nH]ncc3-c3ccccc3)CC2)c(OC)c1OC. The molecule has 1 aliphatic heterocycles. The highest BCUT2D eigenvalue weighted by Crippen LogP contribution is 2.41. The number of hydrogen-bond donors (Lipinski definition) is 1. The Labute approximate surface area is 177 Å². The molecule has 2 aromatic carbocycles. The van der Waals surface area contributed by atoms with Crippen LogP contribution in [0, 0.1) is 0 Å². The quantitative estimate of drug-likeness (QED) is 0.626. The van der Waals surface area contributed by atoms with Crippen LogP contribution in [0.25, 0.3) is 11.1 Å². The smallest absolute Gasteiger partial charge is 0.203 e. The largest absolute Gasteiger partial charge is 0.493 e. The Balaban J connectivity index is 1.45. The molecular weight excluding hydrogens is 378 g/mol. The maximum Gasteiger partial charge on any atom is 0.203 e. The fourth-order valence-electron chi connectivity index (χ4n) is 4.36. The summed E-state index contributed by atoms with van der Waals surface area (Å²) in [6.45, 7) is 2.87. The van der Waals surface area contributed by atoms with Gasteiger partial charge in [-0.15, -0.1) is 0 Å². The number of aromatic nitrogens is 2. The number of nitrogens with one attached hydrogen (secondary N) is 1. The second-order valence-corrected chi connectivity index (χ2v) is 7.61. The lowest BCUT2D eigenvalue weighted by Crippen LogP contribution is -2.32. The Morgan fingerprint density at radius 1 is 0.933 bits per heavy atom. The van der Waals surface area contributed by atoms with Crippen molar-refractivity contribution in [1.82, 2.24) is 15.1 Å². The van der Waals surface area contributed by atoms with Gasteiger partial charge in [0.2, 0.25) is 5.75 Å². The van der Waals surface area contributed by atoms with Crippen molar-refractivity contribution in [2.24, 2.45) is 0 Å². The van der Waals surface area contributed by atoms with Gasteiger partial charge in [0.25, 0.3) is 0 Å². The molecule has 1 saturated heterocycles. The molecule has 0 aliphatic carbocycles. The third kappa shape index (κ3) is 4.00. The van der Waals surface area contributed by atoms with Crippen LogP contribution in [0.1, 0.15) is 30.0 Å². The molecule has 2 heterocycles. The average molecular weight is 408 g/mol. The number of hydrogen-bond acceptors (Lipinski definition) is 5. The molecule has 0 saturated carbocycles. The lowest BCUT2D eigenvalue weighted by molar-refractivity contribution is 0.200. The summed E-state index contributed by atoms with van der Waals surface area (Å²) in [6.07, 6.45) is 4.14. The Bertz CT molecular complexity index is 963. The van der Waals surface area contributed by atoms with Crippen LogP contribution in [-0.4, -0.2) is 49.5 Å². The van der Waals surface area contributed by atoms with E-state index in [1.807, 2.05) is 18.3 Å². The van der Waals surface area contributed by atoms with Crippen LogP contribution in [0.3, 0.4) is 0 Å². The highest BCUT2D eigenvalue weighted by Gasteiger charge is 2.26. The van der Waals surface area contributed by atoms with Gasteiger partial charge in [-0.25, -0.2) is 0 Å². The van der Waals surface area contributed by atoms with Crippen molar-refractivity contribution < 1.29 is 14.2 Å². The minimum absolute atomic E-state index is 0.492. The summed E-state index contributed by atoms with van der Waals surface area (Å²) in [5.41, 5.74) is 4.80. The van der Waals surface area contributed by atoms with E-state index in [9.17, 15) is 0 Å². The zero-order chi connectivity index (χ0) is 20.9. The van der Waals surface area contributed by atoms with Crippen molar-refractivity contribution in [3.8, 4) is 28.4 Å². The van der Waals surface area contributed by atoms with Crippen LogP contribution in [0.15, 0.2) is 48.7 Å². The van der Waals surface area contributed by atoms with Gasteiger partial charge >= 0.3 is 0 Å². The number of aromatic amines is 1. The van der Waals surface area contributed by atoms with E-state index in [1.54, 1.807) is 21.3 Å². The maximum absolute atomic E-state index is 5.65. The standard InChI is InChI=1S/C24H29N3O3/c1-28-21-10-9-19(23(29-2)24(21)30-3)16-27-13-11-18(12-14-27)22-20(15-25-26-22)17-7-5-4-6-8-17/h4-10,15,18H,11-14,16H2,1-3H3,(H,25,26). The van der Waals surface area contributed by atoms with Gasteiger partial charge in [0.15, 0.2) is 11.5 Å². The van der Waals surface area contributed by atoms with E-state index < -0.39 is 0 Å². The van der Waals surface area contributed by atoms with E-state index in [2.05, 4.69) is 45.4 Å².